The Morgan fingerprint density at radius 2 is 1.16 bits per heavy atom. The Labute approximate surface area is 149 Å². The number of phenolic OH excluding ortho intramolecular Hbond substituents is 2. The molecule has 0 aromatic heterocycles. The van der Waals surface area contributed by atoms with Crippen molar-refractivity contribution in [3.8, 4) is 33.8 Å². The SMILES string of the molecule is CCc1ccc(C(C)C)c(-c2ccc(O)cc2)c1-c1ccc(O)cc1. The number of benzene rings is 3. The van der Waals surface area contributed by atoms with Crippen molar-refractivity contribution in [3.63, 3.8) is 0 Å². The third-order valence-corrected chi connectivity index (χ3v) is 4.64. The van der Waals surface area contributed by atoms with E-state index in [2.05, 4.69) is 32.9 Å². The molecule has 25 heavy (non-hydrogen) atoms. The van der Waals surface area contributed by atoms with Gasteiger partial charge in [0.1, 0.15) is 11.5 Å². The molecule has 0 aliphatic carbocycles. The maximum atomic E-state index is 9.67. The first-order valence-electron chi connectivity index (χ1n) is 8.75. The van der Waals surface area contributed by atoms with Crippen molar-refractivity contribution in [2.24, 2.45) is 0 Å². The zero-order valence-electron chi connectivity index (χ0n) is 15.0. The molecule has 0 fully saturated rings. The Morgan fingerprint density at radius 1 is 0.680 bits per heavy atom. The van der Waals surface area contributed by atoms with Crippen LogP contribution >= 0.6 is 0 Å². The number of hydrogen-bond donors (Lipinski definition) is 2. The summed E-state index contributed by atoms with van der Waals surface area (Å²) in [6.07, 6.45) is 0.930. The van der Waals surface area contributed by atoms with Crippen molar-refractivity contribution in [2.45, 2.75) is 33.1 Å². The van der Waals surface area contributed by atoms with Crippen molar-refractivity contribution >= 4 is 0 Å². The minimum absolute atomic E-state index is 0.271. The lowest BCUT2D eigenvalue weighted by atomic mass is 9.83. The maximum absolute atomic E-state index is 9.67. The molecule has 2 heteroatoms. The molecule has 0 unspecified atom stereocenters. The standard InChI is InChI=1S/C23H24O2/c1-4-16-9-14-21(15(2)3)23(18-7-12-20(25)13-8-18)22(16)17-5-10-19(24)11-6-17/h5-15,24-25H,4H2,1-3H3. The van der Waals surface area contributed by atoms with E-state index < -0.39 is 0 Å². The maximum Gasteiger partial charge on any atom is 0.115 e. The van der Waals surface area contributed by atoms with Gasteiger partial charge >= 0.3 is 0 Å². The summed E-state index contributed by atoms with van der Waals surface area (Å²) >= 11 is 0. The van der Waals surface area contributed by atoms with E-state index in [0.29, 0.717) is 5.92 Å². The van der Waals surface area contributed by atoms with E-state index in [4.69, 9.17) is 0 Å². The zero-order chi connectivity index (χ0) is 18.0. The van der Waals surface area contributed by atoms with E-state index in [1.165, 1.54) is 22.3 Å². The Balaban J connectivity index is 2.35. The van der Waals surface area contributed by atoms with Gasteiger partial charge in [-0.15, -0.1) is 0 Å². The molecule has 2 N–H and O–H groups in total. The molecule has 128 valence electrons. The van der Waals surface area contributed by atoms with Gasteiger partial charge in [0, 0.05) is 0 Å². The van der Waals surface area contributed by atoms with E-state index in [0.717, 1.165) is 17.5 Å². The van der Waals surface area contributed by atoms with Crippen molar-refractivity contribution in [1.82, 2.24) is 0 Å². The van der Waals surface area contributed by atoms with Crippen molar-refractivity contribution < 1.29 is 10.2 Å². The second kappa shape index (κ2) is 7.02. The van der Waals surface area contributed by atoms with E-state index in [1.807, 2.05) is 24.3 Å². The smallest absolute Gasteiger partial charge is 0.115 e. The van der Waals surface area contributed by atoms with E-state index in [1.54, 1.807) is 24.3 Å². The van der Waals surface area contributed by atoms with Crippen molar-refractivity contribution in [3.05, 3.63) is 71.8 Å². The van der Waals surface area contributed by atoms with Gasteiger partial charge in [-0.2, -0.15) is 0 Å². The second-order valence-electron chi connectivity index (χ2n) is 6.67. The van der Waals surface area contributed by atoms with Crippen LogP contribution in [0.1, 0.15) is 37.8 Å². The van der Waals surface area contributed by atoms with Crippen molar-refractivity contribution in [2.75, 3.05) is 0 Å². The fraction of sp³-hybridized carbons (Fsp3) is 0.217. The molecule has 0 amide bonds. The number of rotatable bonds is 4. The molecular formula is C23H24O2. The van der Waals surface area contributed by atoms with Gasteiger partial charge in [0.25, 0.3) is 0 Å². The minimum Gasteiger partial charge on any atom is -0.508 e. The highest BCUT2D eigenvalue weighted by atomic mass is 16.3. The van der Waals surface area contributed by atoms with Crippen molar-refractivity contribution in [1.29, 1.82) is 0 Å². The van der Waals surface area contributed by atoms with Crippen LogP contribution in [0.4, 0.5) is 0 Å². The lowest BCUT2D eigenvalue weighted by Gasteiger charge is -2.21. The molecule has 3 aromatic carbocycles. The van der Waals surface area contributed by atoms with Gasteiger partial charge in [0.2, 0.25) is 0 Å². The van der Waals surface area contributed by atoms with Gasteiger partial charge in [-0.05, 0) is 70.0 Å². The fourth-order valence-corrected chi connectivity index (χ4v) is 3.33. The summed E-state index contributed by atoms with van der Waals surface area (Å²) < 4.78 is 0. The highest BCUT2D eigenvalue weighted by molar-refractivity contribution is 5.88. The topological polar surface area (TPSA) is 40.5 Å². The Bertz CT molecular complexity index is 860. The van der Waals surface area contributed by atoms with Crippen LogP contribution in [0.2, 0.25) is 0 Å². The van der Waals surface area contributed by atoms with Gasteiger partial charge in [0.15, 0.2) is 0 Å². The second-order valence-corrected chi connectivity index (χ2v) is 6.67. The van der Waals surface area contributed by atoms with Crippen LogP contribution in [-0.2, 0) is 6.42 Å². The first-order valence-corrected chi connectivity index (χ1v) is 8.75. The average molecular weight is 332 g/mol. The van der Waals surface area contributed by atoms with Gasteiger partial charge in [0.05, 0.1) is 0 Å². The lowest BCUT2D eigenvalue weighted by molar-refractivity contribution is 0.475. The van der Waals surface area contributed by atoms with E-state index in [-0.39, 0.29) is 11.5 Å². The minimum atomic E-state index is 0.271. The summed E-state index contributed by atoms with van der Waals surface area (Å²) in [5.74, 6) is 0.922. The fourth-order valence-electron chi connectivity index (χ4n) is 3.33. The highest BCUT2D eigenvalue weighted by Gasteiger charge is 2.18. The molecule has 2 nitrogen and oxygen atoms in total. The third kappa shape index (κ3) is 3.39. The first kappa shape index (κ1) is 17.1. The molecule has 0 radical (unpaired) electrons. The molecule has 0 aliphatic heterocycles. The Hall–Kier alpha value is -2.74. The molecule has 0 bridgehead atoms. The summed E-state index contributed by atoms with van der Waals surface area (Å²) in [4.78, 5) is 0. The van der Waals surface area contributed by atoms with Crippen LogP contribution in [0.15, 0.2) is 60.7 Å². The molecule has 0 saturated heterocycles. The number of phenols is 2. The molecule has 0 heterocycles. The van der Waals surface area contributed by atoms with E-state index in [9.17, 15) is 10.2 Å². The average Bonchev–Trinajstić information content (AvgIpc) is 2.62. The van der Waals surface area contributed by atoms with E-state index >= 15 is 0 Å². The molecule has 0 aliphatic rings. The number of aryl methyl sites for hydroxylation is 1. The van der Waals surface area contributed by atoms with Crippen LogP contribution in [0.25, 0.3) is 22.3 Å². The highest BCUT2D eigenvalue weighted by Crippen LogP contribution is 2.41. The number of hydrogen-bond acceptors (Lipinski definition) is 2. The molecule has 3 rings (SSSR count). The monoisotopic (exact) mass is 332 g/mol. The predicted octanol–water partition coefficient (Wildman–Crippen LogP) is 6.12. The third-order valence-electron chi connectivity index (χ3n) is 4.64. The molecule has 0 spiro atoms. The summed E-state index contributed by atoms with van der Waals surface area (Å²) in [6, 6.07) is 19.2. The van der Waals surface area contributed by atoms with Gasteiger partial charge in [-0.3, -0.25) is 0 Å². The van der Waals surface area contributed by atoms with Gasteiger partial charge < -0.3 is 10.2 Å². The summed E-state index contributed by atoms with van der Waals surface area (Å²) in [5.41, 5.74) is 7.17. The lowest BCUT2D eigenvalue weighted by Crippen LogP contribution is -1.99. The molecule has 3 aromatic rings. The van der Waals surface area contributed by atoms with Crippen LogP contribution in [0.3, 0.4) is 0 Å². The summed E-state index contributed by atoms with van der Waals surface area (Å²) in [6.45, 7) is 6.56. The van der Waals surface area contributed by atoms with Gasteiger partial charge in [-0.25, -0.2) is 0 Å². The quantitative estimate of drug-likeness (QED) is 0.604. The van der Waals surface area contributed by atoms with Crippen LogP contribution < -0.4 is 0 Å². The van der Waals surface area contributed by atoms with Crippen LogP contribution in [0, 0.1) is 0 Å². The zero-order valence-corrected chi connectivity index (χ0v) is 15.0. The largest absolute Gasteiger partial charge is 0.508 e. The number of aromatic hydroxyl groups is 2. The Morgan fingerprint density at radius 3 is 1.60 bits per heavy atom. The summed E-state index contributed by atoms with van der Waals surface area (Å²) in [7, 11) is 0. The molecule has 0 saturated carbocycles. The normalized spacial score (nSPS) is 11.0. The van der Waals surface area contributed by atoms with Gasteiger partial charge in [-0.1, -0.05) is 57.2 Å². The molecule has 0 atom stereocenters. The van der Waals surface area contributed by atoms with Crippen LogP contribution in [-0.4, -0.2) is 10.2 Å². The summed E-state index contributed by atoms with van der Waals surface area (Å²) in [5, 5.41) is 19.3. The Kier molecular flexibility index (Phi) is 4.80. The predicted molar refractivity (Wildman–Crippen MR) is 104 cm³/mol. The first-order chi connectivity index (χ1) is 12.0. The molecular weight excluding hydrogens is 308 g/mol. The van der Waals surface area contributed by atoms with Crippen LogP contribution in [0.5, 0.6) is 11.5 Å².